The Bertz CT molecular complexity index is 877. The van der Waals surface area contributed by atoms with Gasteiger partial charge in [-0.2, -0.15) is 0 Å². The van der Waals surface area contributed by atoms with Crippen LogP contribution < -0.4 is 0 Å². The first kappa shape index (κ1) is 19.6. The summed E-state index contributed by atoms with van der Waals surface area (Å²) >= 11 is 0. The maximum atomic E-state index is 11.5. The third-order valence-corrected chi connectivity index (χ3v) is 4.74. The minimum atomic E-state index is -1.15. The molecule has 0 heterocycles. The van der Waals surface area contributed by atoms with Crippen LogP contribution >= 0.6 is 0 Å². The van der Waals surface area contributed by atoms with Crippen LogP contribution in [0.4, 0.5) is 0 Å². The molecule has 28 heavy (non-hydrogen) atoms. The highest BCUT2D eigenvalue weighted by Gasteiger charge is 2.40. The van der Waals surface area contributed by atoms with Crippen LogP contribution in [-0.4, -0.2) is 29.1 Å². The van der Waals surface area contributed by atoms with Crippen molar-refractivity contribution < 1.29 is 19.6 Å². The first-order valence-electron chi connectivity index (χ1n) is 9.34. The van der Waals surface area contributed by atoms with Crippen molar-refractivity contribution in [2.75, 3.05) is 6.61 Å². The predicted molar refractivity (Wildman–Crippen MR) is 107 cm³/mol. The second-order valence-corrected chi connectivity index (χ2v) is 6.69. The van der Waals surface area contributed by atoms with E-state index < -0.39 is 5.97 Å². The van der Waals surface area contributed by atoms with Gasteiger partial charge in [-0.3, -0.25) is 0 Å². The molecule has 2 atom stereocenters. The van der Waals surface area contributed by atoms with E-state index in [1.165, 1.54) is 5.56 Å². The minimum Gasteiger partial charge on any atom is -0.476 e. The summed E-state index contributed by atoms with van der Waals surface area (Å²) in [6.45, 7) is 4.17. The number of nitrogens with zero attached hydrogens (tertiary/aromatic N) is 2. The number of hydrogen-bond donors (Lipinski definition) is 1. The average molecular weight is 380 g/mol. The van der Waals surface area contributed by atoms with E-state index in [-0.39, 0.29) is 12.3 Å². The number of rotatable bonds is 9. The Hall–Kier alpha value is -3.15. The van der Waals surface area contributed by atoms with Crippen molar-refractivity contribution in [3.63, 3.8) is 0 Å². The molecule has 6 heteroatoms. The summed E-state index contributed by atoms with van der Waals surface area (Å²) in [6, 6.07) is 17.5. The SMILES string of the molecule is CCON=C(C(=O)O)c1ccccc1CON=C(C)[C@@H]1C[C@H]1c1ccccc1. The van der Waals surface area contributed by atoms with Gasteiger partial charge in [0, 0.05) is 17.0 Å². The second-order valence-electron chi connectivity index (χ2n) is 6.69. The highest BCUT2D eigenvalue weighted by molar-refractivity contribution is 6.42. The van der Waals surface area contributed by atoms with Crippen LogP contribution in [-0.2, 0) is 21.1 Å². The van der Waals surface area contributed by atoms with Crippen LogP contribution in [0.3, 0.4) is 0 Å². The van der Waals surface area contributed by atoms with Gasteiger partial charge in [-0.15, -0.1) is 0 Å². The molecule has 6 nitrogen and oxygen atoms in total. The third-order valence-electron chi connectivity index (χ3n) is 4.74. The highest BCUT2D eigenvalue weighted by atomic mass is 16.6. The summed E-state index contributed by atoms with van der Waals surface area (Å²) in [7, 11) is 0. The highest BCUT2D eigenvalue weighted by Crippen LogP contribution is 2.48. The quantitative estimate of drug-likeness (QED) is 0.522. The lowest BCUT2D eigenvalue weighted by atomic mass is 10.0. The number of hydrogen-bond acceptors (Lipinski definition) is 5. The van der Waals surface area contributed by atoms with Gasteiger partial charge < -0.3 is 14.8 Å². The van der Waals surface area contributed by atoms with Gasteiger partial charge in [-0.05, 0) is 31.7 Å². The number of aliphatic carboxylic acids is 1. The predicted octanol–water partition coefficient (Wildman–Crippen LogP) is 4.21. The van der Waals surface area contributed by atoms with Gasteiger partial charge in [0.15, 0.2) is 5.71 Å². The number of carbonyl (C=O) groups is 1. The Morgan fingerprint density at radius 2 is 1.79 bits per heavy atom. The molecule has 0 aliphatic heterocycles. The van der Waals surface area contributed by atoms with Crippen LogP contribution in [0.5, 0.6) is 0 Å². The van der Waals surface area contributed by atoms with Gasteiger partial charge in [-0.1, -0.05) is 64.9 Å². The van der Waals surface area contributed by atoms with Crippen LogP contribution in [0.15, 0.2) is 64.9 Å². The van der Waals surface area contributed by atoms with Gasteiger partial charge in [0.05, 0.1) is 5.71 Å². The molecule has 0 spiro atoms. The normalized spacial score (nSPS) is 19.2. The number of benzene rings is 2. The zero-order valence-corrected chi connectivity index (χ0v) is 16.0. The maximum Gasteiger partial charge on any atom is 0.358 e. The van der Waals surface area contributed by atoms with Crippen molar-refractivity contribution in [2.24, 2.45) is 16.2 Å². The molecule has 1 aliphatic carbocycles. The lowest BCUT2D eigenvalue weighted by Gasteiger charge is -2.09. The molecule has 0 amide bonds. The van der Waals surface area contributed by atoms with Gasteiger partial charge >= 0.3 is 5.97 Å². The molecule has 3 rings (SSSR count). The largest absolute Gasteiger partial charge is 0.476 e. The summed E-state index contributed by atoms with van der Waals surface area (Å²) in [5, 5.41) is 17.4. The van der Waals surface area contributed by atoms with Crippen molar-refractivity contribution in [2.45, 2.75) is 32.8 Å². The second kappa shape index (κ2) is 9.17. The van der Waals surface area contributed by atoms with E-state index in [1.807, 2.05) is 19.1 Å². The topological polar surface area (TPSA) is 80.5 Å². The number of carboxylic acids is 1. The molecule has 146 valence electrons. The van der Waals surface area contributed by atoms with Crippen molar-refractivity contribution in [1.29, 1.82) is 0 Å². The first-order chi connectivity index (χ1) is 13.6. The molecule has 0 radical (unpaired) electrons. The Morgan fingerprint density at radius 3 is 2.50 bits per heavy atom. The molecular formula is C22H24N2O4. The molecule has 2 aromatic carbocycles. The summed E-state index contributed by atoms with van der Waals surface area (Å²) < 4.78 is 0. The van der Waals surface area contributed by atoms with E-state index in [0.717, 1.165) is 12.1 Å². The summed E-state index contributed by atoms with van der Waals surface area (Å²) in [5.41, 5.74) is 3.28. The van der Waals surface area contributed by atoms with Crippen molar-refractivity contribution >= 4 is 17.4 Å². The smallest absolute Gasteiger partial charge is 0.358 e. The van der Waals surface area contributed by atoms with Crippen LogP contribution in [0.2, 0.25) is 0 Å². The molecule has 0 saturated heterocycles. The Morgan fingerprint density at radius 1 is 1.07 bits per heavy atom. The van der Waals surface area contributed by atoms with E-state index in [2.05, 4.69) is 34.6 Å². The van der Waals surface area contributed by atoms with Gasteiger partial charge in [0.25, 0.3) is 0 Å². The zero-order chi connectivity index (χ0) is 19.9. The monoisotopic (exact) mass is 380 g/mol. The van der Waals surface area contributed by atoms with Gasteiger partial charge in [0.2, 0.25) is 0 Å². The van der Waals surface area contributed by atoms with E-state index >= 15 is 0 Å². The first-order valence-corrected chi connectivity index (χ1v) is 9.34. The van der Waals surface area contributed by atoms with Gasteiger partial charge in [0.1, 0.15) is 13.2 Å². The summed E-state index contributed by atoms with van der Waals surface area (Å²) in [5.74, 6) is -0.256. The molecule has 1 saturated carbocycles. The molecule has 0 aromatic heterocycles. The fourth-order valence-corrected chi connectivity index (χ4v) is 3.21. The van der Waals surface area contributed by atoms with Crippen molar-refractivity contribution in [3.05, 3.63) is 71.3 Å². The molecule has 1 fully saturated rings. The molecule has 0 bridgehead atoms. The standard InChI is InChI=1S/C22H24N2O4/c1-3-27-24-21(22(25)26)18-12-8-7-11-17(18)14-28-23-15(2)19-13-20(19)16-9-5-4-6-10-16/h4-12,19-20H,3,13-14H2,1-2H3,(H,25,26)/t19-,20-/m0/s1. The fraction of sp³-hybridized carbons (Fsp3) is 0.318. The lowest BCUT2D eigenvalue weighted by molar-refractivity contribution is -0.129. The molecule has 2 aromatic rings. The third kappa shape index (κ3) is 4.76. The van der Waals surface area contributed by atoms with Gasteiger partial charge in [-0.25, -0.2) is 4.79 Å². The van der Waals surface area contributed by atoms with Crippen molar-refractivity contribution in [3.8, 4) is 0 Å². The zero-order valence-electron chi connectivity index (χ0n) is 16.0. The van der Waals surface area contributed by atoms with Crippen LogP contribution in [0, 0.1) is 5.92 Å². The van der Waals surface area contributed by atoms with E-state index in [1.54, 1.807) is 25.1 Å². The lowest BCUT2D eigenvalue weighted by Crippen LogP contribution is -2.17. The fourth-order valence-electron chi connectivity index (χ4n) is 3.21. The summed E-state index contributed by atoms with van der Waals surface area (Å²) in [6.07, 6.45) is 1.07. The number of oxime groups is 2. The Kier molecular flexibility index (Phi) is 6.42. The van der Waals surface area contributed by atoms with E-state index in [4.69, 9.17) is 9.68 Å². The van der Waals surface area contributed by atoms with Crippen LogP contribution in [0.25, 0.3) is 0 Å². The molecule has 0 unspecified atom stereocenters. The summed E-state index contributed by atoms with van der Waals surface area (Å²) in [4.78, 5) is 22.0. The number of carboxylic acid groups (broad SMARTS) is 1. The molecular weight excluding hydrogens is 356 g/mol. The maximum absolute atomic E-state index is 11.5. The average Bonchev–Trinajstić information content (AvgIpc) is 3.51. The van der Waals surface area contributed by atoms with Crippen LogP contribution in [0.1, 0.15) is 42.9 Å². The molecule has 1 aliphatic rings. The Balaban J connectivity index is 1.65. The van der Waals surface area contributed by atoms with E-state index in [9.17, 15) is 9.90 Å². The van der Waals surface area contributed by atoms with Crippen molar-refractivity contribution in [1.82, 2.24) is 0 Å². The van der Waals surface area contributed by atoms with E-state index in [0.29, 0.717) is 29.6 Å². The molecule has 1 N–H and O–H groups in total. The minimum absolute atomic E-state index is 0.145. The Labute approximate surface area is 164 Å².